The van der Waals surface area contributed by atoms with Crippen LogP contribution in [0.5, 0.6) is 5.75 Å². The lowest BCUT2D eigenvalue weighted by Crippen LogP contribution is -2.35. The largest absolute Gasteiger partial charge is 0.493 e. The van der Waals surface area contributed by atoms with Crippen molar-refractivity contribution in [1.82, 2.24) is 4.90 Å². The van der Waals surface area contributed by atoms with Crippen LogP contribution in [0.3, 0.4) is 0 Å². The van der Waals surface area contributed by atoms with Crippen LogP contribution < -0.4 is 4.74 Å². The number of aryl methyl sites for hydroxylation is 1. The molecule has 1 aromatic rings. The predicted octanol–water partition coefficient (Wildman–Crippen LogP) is 2.38. The number of carbonyl (C=O) groups is 1. The van der Waals surface area contributed by atoms with E-state index in [9.17, 15) is 9.90 Å². The van der Waals surface area contributed by atoms with E-state index in [1.54, 1.807) is 0 Å². The van der Waals surface area contributed by atoms with Gasteiger partial charge in [-0.15, -0.1) is 0 Å². The van der Waals surface area contributed by atoms with E-state index in [0.29, 0.717) is 19.6 Å². The average Bonchev–Trinajstić information content (AvgIpc) is 2.90. The molecule has 1 fully saturated rings. The van der Waals surface area contributed by atoms with E-state index in [0.717, 1.165) is 24.3 Å². The van der Waals surface area contributed by atoms with Crippen molar-refractivity contribution in [1.29, 1.82) is 0 Å². The average molecular weight is 291 g/mol. The Balaban J connectivity index is 1.77. The highest BCUT2D eigenvalue weighted by Gasteiger charge is 2.35. The maximum absolute atomic E-state index is 12.2. The summed E-state index contributed by atoms with van der Waals surface area (Å²) in [6, 6.07) is 7.80. The van der Waals surface area contributed by atoms with Crippen LogP contribution in [0.15, 0.2) is 24.3 Å². The molecule has 4 nitrogen and oxygen atoms in total. The van der Waals surface area contributed by atoms with Crippen molar-refractivity contribution in [3.8, 4) is 5.75 Å². The van der Waals surface area contributed by atoms with Crippen LogP contribution >= 0.6 is 0 Å². The lowest BCUT2D eigenvalue weighted by molar-refractivity contribution is -0.131. The van der Waals surface area contributed by atoms with Crippen LogP contribution in [0.4, 0.5) is 0 Å². The van der Waals surface area contributed by atoms with Crippen LogP contribution in [0.25, 0.3) is 0 Å². The highest BCUT2D eigenvalue weighted by atomic mass is 16.5. The minimum Gasteiger partial charge on any atom is -0.493 e. The first kappa shape index (κ1) is 15.8. The second-order valence-electron chi connectivity index (χ2n) is 6.34. The zero-order valence-electron chi connectivity index (χ0n) is 13.1. The van der Waals surface area contributed by atoms with Gasteiger partial charge in [-0.05, 0) is 38.8 Å². The molecule has 1 N–H and O–H groups in total. The Labute approximate surface area is 126 Å². The summed E-state index contributed by atoms with van der Waals surface area (Å²) < 4.78 is 5.66. The molecular formula is C17H25NO3. The van der Waals surface area contributed by atoms with E-state index in [1.807, 2.05) is 49.9 Å². The fourth-order valence-electron chi connectivity index (χ4n) is 2.69. The molecule has 1 saturated heterocycles. The number of carbonyl (C=O) groups excluding carboxylic acids is 1. The number of para-hydroxylation sites is 1. The maximum Gasteiger partial charge on any atom is 0.226 e. The van der Waals surface area contributed by atoms with E-state index in [2.05, 4.69) is 0 Å². The van der Waals surface area contributed by atoms with E-state index >= 15 is 0 Å². The van der Waals surface area contributed by atoms with Crippen molar-refractivity contribution in [2.45, 2.75) is 39.2 Å². The number of amides is 1. The Morgan fingerprint density at radius 3 is 2.76 bits per heavy atom. The Kier molecular flexibility index (Phi) is 4.88. The molecule has 4 heteroatoms. The number of benzene rings is 1. The minimum absolute atomic E-state index is 0.107. The Hall–Kier alpha value is -1.55. The number of nitrogens with zero attached hydrogens (tertiary/aromatic N) is 1. The fraction of sp³-hybridized carbons (Fsp3) is 0.588. The molecule has 1 aliphatic heterocycles. The van der Waals surface area contributed by atoms with Gasteiger partial charge in [-0.1, -0.05) is 18.2 Å². The van der Waals surface area contributed by atoms with Gasteiger partial charge in [0, 0.05) is 19.0 Å². The molecular weight excluding hydrogens is 266 g/mol. The summed E-state index contributed by atoms with van der Waals surface area (Å²) in [6.45, 7) is 7.39. The number of hydrogen-bond acceptors (Lipinski definition) is 3. The molecule has 1 amide bonds. The van der Waals surface area contributed by atoms with Crippen LogP contribution in [0, 0.1) is 12.8 Å². The maximum atomic E-state index is 12.2. The third-order valence-electron chi connectivity index (χ3n) is 4.21. The lowest BCUT2D eigenvalue weighted by Gasteiger charge is -2.25. The third-order valence-corrected chi connectivity index (χ3v) is 4.21. The molecule has 116 valence electrons. The van der Waals surface area contributed by atoms with Crippen LogP contribution in [0.1, 0.15) is 32.3 Å². The SMILES string of the molecule is Cc1ccccc1OCCC(=O)N1CC[C@H](C(C)(C)O)C1. The molecule has 0 aliphatic carbocycles. The number of aliphatic hydroxyl groups is 1. The summed E-state index contributed by atoms with van der Waals surface area (Å²) in [4.78, 5) is 14.0. The number of hydrogen-bond donors (Lipinski definition) is 1. The highest BCUT2D eigenvalue weighted by molar-refractivity contribution is 5.76. The smallest absolute Gasteiger partial charge is 0.226 e. The monoisotopic (exact) mass is 291 g/mol. The molecule has 1 aliphatic rings. The molecule has 21 heavy (non-hydrogen) atoms. The quantitative estimate of drug-likeness (QED) is 0.906. The first-order valence-corrected chi connectivity index (χ1v) is 7.56. The topological polar surface area (TPSA) is 49.8 Å². The van der Waals surface area contributed by atoms with E-state index in [-0.39, 0.29) is 11.8 Å². The molecule has 0 saturated carbocycles. The molecule has 0 aromatic heterocycles. The zero-order valence-corrected chi connectivity index (χ0v) is 13.1. The van der Waals surface area contributed by atoms with Crippen molar-refractivity contribution in [3.63, 3.8) is 0 Å². The molecule has 0 spiro atoms. The second kappa shape index (κ2) is 6.48. The van der Waals surface area contributed by atoms with Crippen molar-refractivity contribution in [2.24, 2.45) is 5.92 Å². The minimum atomic E-state index is -0.716. The summed E-state index contributed by atoms with van der Waals surface area (Å²) in [7, 11) is 0. The fourth-order valence-corrected chi connectivity index (χ4v) is 2.69. The van der Waals surface area contributed by atoms with Gasteiger partial charge in [0.15, 0.2) is 0 Å². The number of ether oxygens (including phenoxy) is 1. The van der Waals surface area contributed by atoms with Gasteiger partial charge in [0.05, 0.1) is 18.6 Å². The molecule has 0 radical (unpaired) electrons. The number of likely N-dealkylation sites (tertiary alicyclic amines) is 1. The molecule has 1 aromatic carbocycles. The lowest BCUT2D eigenvalue weighted by atomic mass is 9.90. The summed E-state index contributed by atoms with van der Waals surface area (Å²) >= 11 is 0. The summed E-state index contributed by atoms with van der Waals surface area (Å²) in [5.74, 6) is 1.11. The van der Waals surface area contributed by atoms with Gasteiger partial charge in [0.25, 0.3) is 0 Å². The van der Waals surface area contributed by atoms with Gasteiger partial charge in [0.1, 0.15) is 5.75 Å². The Morgan fingerprint density at radius 2 is 2.14 bits per heavy atom. The van der Waals surface area contributed by atoms with Crippen molar-refractivity contribution < 1.29 is 14.6 Å². The van der Waals surface area contributed by atoms with Gasteiger partial charge in [0.2, 0.25) is 5.91 Å². The Morgan fingerprint density at radius 1 is 1.43 bits per heavy atom. The number of rotatable bonds is 5. The van der Waals surface area contributed by atoms with E-state index < -0.39 is 5.60 Å². The van der Waals surface area contributed by atoms with E-state index in [1.165, 1.54) is 0 Å². The van der Waals surface area contributed by atoms with Gasteiger partial charge in [-0.25, -0.2) is 0 Å². The molecule has 0 bridgehead atoms. The third kappa shape index (κ3) is 4.21. The molecule has 2 rings (SSSR count). The van der Waals surface area contributed by atoms with Crippen molar-refractivity contribution >= 4 is 5.91 Å². The Bertz CT molecular complexity index is 493. The van der Waals surface area contributed by atoms with E-state index in [4.69, 9.17) is 4.74 Å². The molecule has 0 unspecified atom stereocenters. The van der Waals surface area contributed by atoms with Gasteiger partial charge < -0.3 is 14.7 Å². The first-order chi connectivity index (χ1) is 9.88. The van der Waals surface area contributed by atoms with Crippen molar-refractivity contribution in [2.75, 3.05) is 19.7 Å². The molecule has 1 atom stereocenters. The molecule has 1 heterocycles. The van der Waals surface area contributed by atoms with Crippen LogP contribution in [0.2, 0.25) is 0 Å². The predicted molar refractivity (Wildman–Crippen MR) is 82.3 cm³/mol. The highest BCUT2D eigenvalue weighted by Crippen LogP contribution is 2.27. The van der Waals surface area contributed by atoms with Crippen molar-refractivity contribution in [3.05, 3.63) is 29.8 Å². The first-order valence-electron chi connectivity index (χ1n) is 7.56. The zero-order chi connectivity index (χ0) is 15.5. The van der Waals surface area contributed by atoms with Gasteiger partial charge >= 0.3 is 0 Å². The normalized spacial score (nSPS) is 18.9. The summed E-state index contributed by atoms with van der Waals surface area (Å²) in [5, 5.41) is 10.0. The van der Waals surface area contributed by atoms with Crippen LogP contribution in [-0.4, -0.2) is 41.2 Å². The van der Waals surface area contributed by atoms with Crippen LogP contribution in [-0.2, 0) is 4.79 Å². The summed E-state index contributed by atoms with van der Waals surface area (Å²) in [5.41, 5.74) is 0.361. The van der Waals surface area contributed by atoms with Gasteiger partial charge in [-0.3, -0.25) is 4.79 Å². The standard InChI is InChI=1S/C17H25NO3/c1-13-6-4-5-7-15(13)21-11-9-16(19)18-10-8-14(12-18)17(2,3)20/h4-7,14,20H,8-12H2,1-3H3/t14-/m0/s1. The summed E-state index contributed by atoms with van der Waals surface area (Å²) in [6.07, 6.45) is 1.25. The second-order valence-corrected chi connectivity index (χ2v) is 6.34. The van der Waals surface area contributed by atoms with Gasteiger partial charge in [-0.2, -0.15) is 0 Å².